The monoisotopic (exact) mass is 144 g/mol. The van der Waals surface area contributed by atoms with Crippen molar-refractivity contribution in [2.45, 2.75) is 32.4 Å². The molecule has 0 N–H and O–H groups in total. The van der Waals surface area contributed by atoms with Crippen LogP contribution >= 0.6 is 12.6 Å². The molecule has 0 saturated heterocycles. The Morgan fingerprint density at radius 3 is 2.11 bits per heavy atom. The minimum atomic E-state index is 0.303. The van der Waals surface area contributed by atoms with Crippen LogP contribution in [0, 0.1) is 5.41 Å². The van der Waals surface area contributed by atoms with E-state index < -0.39 is 0 Å². The van der Waals surface area contributed by atoms with Crippen molar-refractivity contribution in [3.05, 3.63) is 12.7 Å². The van der Waals surface area contributed by atoms with Crippen LogP contribution in [0.2, 0.25) is 0 Å². The number of hydrogen-bond donors (Lipinski definition) is 1. The molecular weight excluding hydrogens is 128 g/mol. The first-order chi connectivity index (χ1) is 3.98. The van der Waals surface area contributed by atoms with Crippen LogP contribution in [0.25, 0.3) is 0 Å². The molecule has 1 heteroatoms. The second-order valence-electron chi connectivity index (χ2n) is 3.41. The first-order valence-corrected chi connectivity index (χ1v) is 3.79. The minimum Gasteiger partial charge on any atom is -0.175 e. The van der Waals surface area contributed by atoms with Crippen molar-refractivity contribution >= 4 is 12.6 Å². The van der Waals surface area contributed by atoms with Gasteiger partial charge in [0, 0.05) is 5.25 Å². The molecule has 0 spiro atoms. The topological polar surface area (TPSA) is 0 Å². The van der Waals surface area contributed by atoms with Crippen LogP contribution in [-0.4, -0.2) is 5.25 Å². The molecule has 0 fully saturated rings. The van der Waals surface area contributed by atoms with Crippen LogP contribution in [0.4, 0.5) is 0 Å². The summed E-state index contributed by atoms with van der Waals surface area (Å²) in [6, 6.07) is 0. The van der Waals surface area contributed by atoms with E-state index in [1.54, 1.807) is 0 Å². The van der Waals surface area contributed by atoms with Gasteiger partial charge in [-0.2, -0.15) is 12.6 Å². The lowest BCUT2D eigenvalue weighted by molar-refractivity contribution is 0.397. The van der Waals surface area contributed by atoms with Gasteiger partial charge < -0.3 is 0 Å². The molecule has 0 heterocycles. The summed E-state index contributed by atoms with van der Waals surface area (Å²) < 4.78 is 0. The van der Waals surface area contributed by atoms with Gasteiger partial charge >= 0.3 is 0 Å². The lowest BCUT2D eigenvalue weighted by Crippen LogP contribution is -2.19. The molecule has 1 unspecified atom stereocenters. The summed E-state index contributed by atoms with van der Waals surface area (Å²) in [5.41, 5.74) is 0.303. The van der Waals surface area contributed by atoms with Crippen molar-refractivity contribution in [2.75, 3.05) is 0 Å². The van der Waals surface area contributed by atoms with Gasteiger partial charge in [0.15, 0.2) is 0 Å². The molecule has 0 aromatic carbocycles. The maximum Gasteiger partial charge on any atom is 0.00997 e. The standard InChI is InChI=1S/C8H16S/c1-5-6-7(9)8(2,3)4/h5,7,9H,1,6H2,2-4H3. The highest BCUT2D eigenvalue weighted by Crippen LogP contribution is 2.26. The van der Waals surface area contributed by atoms with Gasteiger partial charge in [-0.1, -0.05) is 26.8 Å². The normalized spacial score (nSPS) is 15.1. The zero-order valence-electron chi connectivity index (χ0n) is 6.52. The van der Waals surface area contributed by atoms with E-state index in [9.17, 15) is 0 Å². The molecule has 0 aliphatic heterocycles. The van der Waals surface area contributed by atoms with Crippen LogP contribution in [0.5, 0.6) is 0 Å². The summed E-state index contributed by atoms with van der Waals surface area (Å²) >= 11 is 4.42. The highest BCUT2D eigenvalue weighted by atomic mass is 32.1. The van der Waals surface area contributed by atoms with E-state index in [1.165, 1.54) is 0 Å². The fraction of sp³-hybridized carbons (Fsp3) is 0.750. The molecule has 0 aromatic heterocycles. The molecule has 0 radical (unpaired) electrons. The molecule has 0 amide bonds. The second-order valence-corrected chi connectivity index (χ2v) is 4.03. The molecule has 0 aromatic rings. The quantitative estimate of drug-likeness (QED) is 0.447. The minimum absolute atomic E-state index is 0.303. The Morgan fingerprint density at radius 1 is 1.56 bits per heavy atom. The number of allylic oxidation sites excluding steroid dienone is 1. The number of hydrogen-bond acceptors (Lipinski definition) is 1. The van der Waals surface area contributed by atoms with Gasteiger partial charge in [0.05, 0.1) is 0 Å². The highest BCUT2D eigenvalue weighted by molar-refractivity contribution is 7.81. The maximum absolute atomic E-state index is 4.42. The molecule has 1 atom stereocenters. The fourth-order valence-corrected chi connectivity index (χ4v) is 0.660. The van der Waals surface area contributed by atoms with Crippen LogP contribution < -0.4 is 0 Å². The van der Waals surface area contributed by atoms with Crippen molar-refractivity contribution < 1.29 is 0 Å². The average Bonchev–Trinajstić information content (AvgIpc) is 1.64. The van der Waals surface area contributed by atoms with Crippen LogP contribution in [0.15, 0.2) is 12.7 Å². The number of thiol groups is 1. The largest absolute Gasteiger partial charge is 0.175 e. The van der Waals surface area contributed by atoms with E-state index in [-0.39, 0.29) is 0 Å². The third-order valence-electron chi connectivity index (χ3n) is 1.39. The van der Waals surface area contributed by atoms with Gasteiger partial charge in [0.1, 0.15) is 0 Å². The van der Waals surface area contributed by atoms with Gasteiger partial charge in [-0.15, -0.1) is 6.58 Å². The van der Waals surface area contributed by atoms with Gasteiger partial charge in [0.2, 0.25) is 0 Å². The second kappa shape index (κ2) is 3.31. The smallest absolute Gasteiger partial charge is 0.00997 e. The SMILES string of the molecule is C=CCC(S)C(C)(C)C. The third-order valence-corrected chi connectivity index (χ3v) is 2.38. The Bertz CT molecular complexity index is 89.2. The Kier molecular flexibility index (Phi) is 3.34. The summed E-state index contributed by atoms with van der Waals surface area (Å²) in [5, 5.41) is 0.440. The summed E-state index contributed by atoms with van der Waals surface area (Å²) in [5.74, 6) is 0. The van der Waals surface area contributed by atoms with Crippen molar-refractivity contribution in [1.82, 2.24) is 0 Å². The third kappa shape index (κ3) is 3.63. The van der Waals surface area contributed by atoms with E-state index in [2.05, 4.69) is 40.0 Å². The molecule has 0 aliphatic carbocycles. The van der Waals surface area contributed by atoms with E-state index in [4.69, 9.17) is 0 Å². The van der Waals surface area contributed by atoms with Crippen LogP contribution in [0.3, 0.4) is 0 Å². The molecule has 9 heavy (non-hydrogen) atoms. The highest BCUT2D eigenvalue weighted by Gasteiger charge is 2.18. The zero-order valence-corrected chi connectivity index (χ0v) is 7.41. The molecular formula is C8H16S. The lowest BCUT2D eigenvalue weighted by atomic mass is 9.90. The van der Waals surface area contributed by atoms with E-state index in [0.717, 1.165) is 6.42 Å². The summed E-state index contributed by atoms with van der Waals surface area (Å²) in [6.45, 7) is 10.2. The molecule has 0 nitrogen and oxygen atoms in total. The lowest BCUT2D eigenvalue weighted by Gasteiger charge is -2.24. The molecule has 0 rings (SSSR count). The Labute approximate surface area is 63.8 Å². The van der Waals surface area contributed by atoms with Gasteiger partial charge in [-0.3, -0.25) is 0 Å². The molecule has 0 aliphatic rings. The summed E-state index contributed by atoms with van der Waals surface area (Å²) in [7, 11) is 0. The fourth-order valence-electron chi connectivity index (χ4n) is 0.511. The zero-order chi connectivity index (χ0) is 7.49. The average molecular weight is 144 g/mol. The predicted molar refractivity (Wildman–Crippen MR) is 47.0 cm³/mol. The van der Waals surface area contributed by atoms with Gasteiger partial charge in [-0.05, 0) is 11.8 Å². The Hall–Kier alpha value is 0.0900. The first-order valence-electron chi connectivity index (χ1n) is 3.27. The van der Waals surface area contributed by atoms with E-state index >= 15 is 0 Å². The number of rotatable bonds is 2. The van der Waals surface area contributed by atoms with Crippen LogP contribution in [-0.2, 0) is 0 Å². The van der Waals surface area contributed by atoms with Crippen LogP contribution in [0.1, 0.15) is 27.2 Å². The van der Waals surface area contributed by atoms with Gasteiger partial charge in [-0.25, -0.2) is 0 Å². The molecule has 0 saturated carbocycles. The van der Waals surface area contributed by atoms with Crippen molar-refractivity contribution in [3.63, 3.8) is 0 Å². The van der Waals surface area contributed by atoms with E-state index in [1.807, 2.05) is 6.08 Å². The maximum atomic E-state index is 4.42. The van der Waals surface area contributed by atoms with E-state index in [0.29, 0.717) is 10.7 Å². The van der Waals surface area contributed by atoms with Gasteiger partial charge in [0.25, 0.3) is 0 Å². The van der Waals surface area contributed by atoms with Crippen molar-refractivity contribution in [3.8, 4) is 0 Å². The van der Waals surface area contributed by atoms with Crippen molar-refractivity contribution in [2.24, 2.45) is 5.41 Å². The molecule has 0 bridgehead atoms. The Balaban J connectivity index is 3.72. The Morgan fingerprint density at radius 2 is 2.00 bits per heavy atom. The van der Waals surface area contributed by atoms with Crippen molar-refractivity contribution in [1.29, 1.82) is 0 Å². The summed E-state index contributed by atoms with van der Waals surface area (Å²) in [6.07, 6.45) is 2.91. The predicted octanol–water partition coefficient (Wildman–Crippen LogP) is 2.91. The summed E-state index contributed by atoms with van der Waals surface area (Å²) in [4.78, 5) is 0. The first kappa shape index (κ1) is 9.09. The molecule has 54 valence electrons.